The van der Waals surface area contributed by atoms with Crippen molar-refractivity contribution in [1.29, 1.82) is 5.26 Å². The largest absolute Gasteiger partial charge is 0.493 e. The summed E-state index contributed by atoms with van der Waals surface area (Å²) in [6.07, 6.45) is 1.38. The summed E-state index contributed by atoms with van der Waals surface area (Å²) in [5.74, 6) is -1.14. The summed E-state index contributed by atoms with van der Waals surface area (Å²) in [7, 11) is 0. The van der Waals surface area contributed by atoms with Crippen molar-refractivity contribution < 1.29 is 14.7 Å². The van der Waals surface area contributed by atoms with Gasteiger partial charge in [0.2, 0.25) is 5.88 Å². The average molecular weight is 598 g/mol. The maximum absolute atomic E-state index is 13.4. The first-order valence-electron chi connectivity index (χ1n) is 10.7. The molecule has 0 saturated carbocycles. The second kappa shape index (κ2) is 9.68. The molecule has 0 fully saturated rings. The van der Waals surface area contributed by atoms with Crippen molar-refractivity contribution in [2.75, 3.05) is 0 Å². The third-order valence-corrected chi connectivity index (χ3v) is 7.06. The molecule has 0 unspecified atom stereocenters. The van der Waals surface area contributed by atoms with E-state index in [2.05, 4.69) is 42.1 Å². The molecule has 0 amide bonds. The molecule has 2 aromatic carbocycles. The quantitative estimate of drug-likeness (QED) is 0.272. The van der Waals surface area contributed by atoms with Gasteiger partial charge in [-0.05, 0) is 51.3 Å². The molecule has 8 nitrogen and oxygen atoms in total. The normalized spacial score (nSPS) is 12.5. The van der Waals surface area contributed by atoms with Crippen LogP contribution in [0.2, 0.25) is 0 Å². The van der Waals surface area contributed by atoms with Gasteiger partial charge in [-0.25, -0.2) is 0 Å². The predicted molar refractivity (Wildman–Crippen MR) is 136 cm³/mol. The fourth-order valence-corrected chi connectivity index (χ4v) is 5.40. The van der Waals surface area contributed by atoms with Crippen LogP contribution in [0.25, 0.3) is 0 Å². The van der Waals surface area contributed by atoms with Crippen molar-refractivity contribution in [1.82, 2.24) is 4.57 Å². The number of nitrogens with zero attached hydrogens (tertiary/aromatic N) is 4. The first-order chi connectivity index (χ1) is 16.7. The summed E-state index contributed by atoms with van der Waals surface area (Å²) in [5.41, 5.74) is 0.237. The molecule has 0 aliphatic heterocycles. The van der Waals surface area contributed by atoms with E-state index in [1.165, 1.54) is 6.92 Å². The highest BCUT2D eigenvalue weighted by Crippen LogP contribution is 2.43. The number of hydrogen-bond acceptors (Lipinski definition) is 7. The maximum atomic E-state index is 13.4. The molecule has 0 saturated heterocycles. The Kier molecular flexibility index (Phi) is 6.83. The Morgan fingerprint density at radius 3 is 2.20 bits per heavy atom. The highest BCUT2D eigenvalue weighted by Gasteiger charge is 2.34. The first-order valence-corrected chi connectivity index (χ1v) is 12.3. The van der Waals surface area contributed by atoms with Crippen molar-refractivity contribution in [2.24, 2.45) is 10.2 Å². The van der Waals surface area contributed by atoms with Gasteiger partial charge in [-0.2, -0.15) is 5.26 Å². The van der Waals surface area contributed by atoms with Gasteiger partial charge in [0.15, 0.2) is 17.3 Å². The number of unbranched alkanes of at least 4 members (excludes halogenated alkanes) is 1. The van der Waals surface area contributed by atoms with Crippen LogP contribution < -0.4 is 5.56 Å². The number of benzene rings is 2. The maximum Gasteiger partial charge on any atom is 0.271 e. The van der Waals surface area contributed by atoms with Crippen LogP contribution in [0.15, 0.2) is 54.3 Å². The standard InChI is InChI=1S/C25H18Br2N4O4/c1-3-4-9-31-24(34)15(11-28)12(2)20(25(31)35)29-30-21-17(27)10-16(26)18-19(21)23(33)14-8-6-5-7-13(14)22(18)32/h5-8,10,35H,3-4,9H2,1-2H3/b30-29+. The molecule has 35 heavy (non-hydrogen) atoms. The molecule has 0 atom stereocenters. The zero-order valence-electron chi connectivity index (χ0n) is 18.7. The number of carbonyl (C=O) groups excluding carboxylic acids is 2. The minimum atomic E-state index is -0.602. The number of fused-ring (bicyclic) bond motifs is 2. The van der Waals surface area contributed by atoms with Crippen molar-refractivity contribution in [3.8, 4) is 11.9 Å². The third kappa shape index (κ3) is 4.05. The Hall–Kier alpha value is -3.42. The van der Waals surface area contributed by atoms with Crippen molar-refractivity contribution in [3.05, 3.63) is 83.0 Å². The SMILES string of the molecule is CCCCn1c(O)c(/N=N/c2c(Br)cc(Br)c3c2C(=O)c2ccccc2C3=O)c(C)c(C#N)c1=O. The summed E-state index contributed by atoms with van der Waals surface area (Å²) in [4.78, 5) is 39.3. The summed E-state index contributed by atoms with van der Waals surface area (Å²) < 4.78 is 1.91. The molecule has 1 N–H and O–H groups in total. The van der Waals surface area contributed by atoms with Gasteiger partial charge in [0.25, 0.3) is 5.56 Å². The van der Waals surface area contributed by atoms with Gasteiger partial charge < -0.3 is 5.11 Å². The Bertz CT molecular complexity index is 1550. The molecule has 1 heterocycles. The average Bonchev–Trinajstić information content (AvgIpc) is 2.83. The molecule has 4 rings (SSSR count). The molecular weight excluding hydrogens is 580 g/mol. The number of hydrogen-bond donors (Lipinski definition) is 1. The number of ketones is 2. The lowest BCUT2D eigenvalue weighted by molar-refractivity contribution is 0.0979. The molecule has 1 aromatic heterocycles. The monoisotopic (exact) mass is 596 g/mol. The smallest absolute Gasteiger partial charge is 0.271 e. The van der Waals surface area contributed by atoms with Gasteiger partial charge in [-0.1, -0.05) is 37.6 Å². The number of carbonyl (C=O) groups is 2. The summed E-state index contributed by atoms with van der Waals surface area (Å²) in [6, 6.07) is 10.0. The number of azo groups is 1. The zero-order chi connectivity index (χ0) is 25.4. The van der Waals surface area contributed by atoms with E-state index in [1.807, 2.05) is 13.0 Å². The van der Waals surface area contributed by atoms with E-state index in [9.17, 15) is 24.8 Å². The molecule has 176 valence electrons. The van der Waals surface area contributed by atoms with Crippen LogP contribution in [0, 0.1) is 18.3 Å². The summed E-state index contributed by atoms with van der Waals surface area (Å²) >= 11 is 6.77. The Balaban J connectivity index is 1.94. The van der Waals surface area contributed by atoms with Gasteiger partial charge in [-0.15, -0.1) is 10.2 Å². The van der Waals surface area contributed by atoms with E-state index in [0.29, 0.717) is 20.9 Å². The van der Waals surface area contributed by atoms with Crippen LogP contribution >= 0.6 is 31.9 Å². The van der Waals surface area contributed by atoms with E-state index in [-0.39, 0.29) is 51.5 Å². The van der Waals surface area contributed by atoms with E-state index in [4.69, 9.17) is 0 Å². The lowest BCUT2D eigenvalue weighted by Gasteiger charge is -2.20. The first kappa shape index (κ1) is 24.7. The molecule has 0 spiro atoms. The highest BCUT2D eigenvalue weighted by molar-refractivity contribution is 9.11. The van der Waals surface area contributed by atoms with Gasteiger partial charge >= 0.3 is 0 Å². The number of rotatable bonds is 5. The fourth-order valence-electron chi connectivity index (χ4n) is 3.98. The van der Waals surface area contributed by atoms with E-state index < -0.39 is 17.2 Å². The van der Waals surface area contributed by atoms with Crippen molar-refractivity contribution >= 4 is 54.8 Å². The van der Waals surface area contributed by atoms with Crippen LogP contribution in [0.5, 0.6) is 5.88 Å². The Morgan fingerprint density at radius 2 is 1.60 bits per heavy atom. The van der Waals surface area contributed by atoms with Crippen LogP contribution in [0.3, 0.4) is 0 Å². The minimum Gasteiger partial charge on any atom is -0.493 e. The second-order valence-electron chi connectivity index (χ2n) is 7.94. The third-order valence-electron chi connectivity index (χ3n) is 5.83. The number of aromatic hydroxyl groups is 1. The molecule has 0 radical (unpaired) electrons. The molecule has 0 bridgehead atoms. The fraction of sp³-hybridized carbons (Fsp3) is 0.200. The highest BCUT2D eigenvalue weighted by atomic mass is 79.9. The molecular formula is C25H18Br2N4O4. The minimum absolute atomic E-state index is 0.0594. The topological polar surface area (TPSA) is 125 Å². The van der Waals surface area contributed by atoms with E-state index >= 15 is 0 Å². The van der Waals surface area contributed by atoms with Crippen molar-refractivity contribution in [3.63, 3.8) is 0 Å². The van der Waals surface area contributed by atoms with Gasteiger partial charge in [0.05, 0.1) is 11.1 Å². The van der Waals surface area contributed by atoms with Crippen molar-refractivity contribution in [2.45, 2.75) is 33.2 Å². The predicted octanol–water partition coefficient (Wildman–Crippen LogP) is 6.25. The lowest BCUT2D eigenvalue weighted by Crippen LogP contribution is -2.24. The number of pyridine rings is 1. The molecule has 3 aromatic rings. The Labute approximate surface area is 217 Å². The van der Waals surface area contributed by atoms with Crippen LogP contribution in [-0.4, -0.2) is 21.2 Å². The van der Waals surface area contributed by atoms with Crippen LogP contribution in [-0.2, 0) is 6.54 Å². The molecule has 1 aliphatic carbocycles. The summed E-state index contributed by atoms with van der Waals surface area (Å²) in [5, 5.41) is 28.7. The van der Waals surface area contributed by atoms with E-state index in [1.54, 1.807) is 30.3 Å². The number of halogens is 2. The second-order valence-corrected chi connectivity index (χ2v) is 9.65. The van der Waals surface area contributed by atoms with Gasteiger partial charge in [0, 0.05) is 32.2 Å². The zero-order valence-corrected chi connectivity index (χ0v) is 21.9. The molecule has 1 aliphatic rings. The van der Waals surface area contributed by atoms with Crippen LogP contribution in [0.4, 0.5) is 11.4 Å². The number of nitriles is 1. The number of aromatic nitrogens is 1. The van der Waals surface area contributed by atoms with Gasteiger partial charge in [0.1, 0.15) is 17.3 Å². The Morgan fingerprint density at radius 1 is 1.00 bits per heavy atom. The van der Waals surface area contributed by atoms with E-state index in [0.717, 1.165) is 11.0 Å². The van der Waals surface area contributed by atoms with Gasteiger partial charge in [-0.3, -0.25) is 19.0 Å². The summed E-state index contributed by atoms with van der Waals surface area (Å²) in [6.45, 7) is 3.64. The lowest BCUT2D eigenvalue weighted by atomic mass is 9.83. The van der Waals surface area contributed by atoms with Crippen LogP contribution in [0.1, 0.15) is 62.7 Å². The molecule has 10 heteroatoms.